The molecule has 0 spiro atoms. The van der Waals surface area contributed by atoms with Crippen LogP contribution in [0.4, 0.5) is 11.4 Å². The number of rotatable bonds is 6. The van der Waals surface area contributed by atoms with Crippen molar-refractivity contribution in [2.24, 2.45) is 0 Å². The summed E-state index contributed by atoms with van der Waals surface area (Å²) in [5.41, 5.74) is 4.23. The smallest absolute Gasteiger partial charge is 0.255 e. The van der Waals surface area contributed by atoms with Crippen LogP contribution >= 0.6 is 23.4 Å². The van der Waals surface area contributed by atoms with Crippen molar-refractivity contribution in [3.05, 3.63) is 88.4 Å². The summed E-state index contributed by atoms with van der Waals surface area (Å²) in [6.07, 6.45) is 0. The standard InChI is InChI=1S/C24H23ClN2O2S/c1-15-6-4-9-22(16(15)2)27-23(28)17(3)30-21-12-10-20(11-13-21)26-24(29)18-7-5-8-19(25)14-18/h4-14,17H,1-3H3,(H,26,29)(H,27,28). The SMILES string of the molecule is Cc1cccc(NC(=O)C(C)Sc2ccc(NC(=O)c3cccc(Cl)c3)cc2)c1C. The van der Waals surface area contributed by atoms with Gasteiger partial charge in [0.2, 0.25) is 5.91 Å². The molecule has 0 heterocycles. The number of anilines is 2. The van der Waals surface area contributed by atoms with Crippen molar-refractivity contribution in [1.29, 1.82) is 0 Å². The highest BCUT2D eigenvalue weighted by atomic mass is 35.5. The summed E-state index contributed by atoms with van der Waals surface area (Å²) < 4.78 is 0. The fraction of sp³-hybridized carbons (Fsp3) is 0.167. The third-order valence-electron chi connectivity index (χ3n) is 4.74. The Labute approximate surface area is 186 Å². The predicted octanol–water partition coefficient (Wildman–Crippen LogP) is 6.33. The second-order valence-electron chi connectivity index (χ2n) is 6.99. The van der Waals surface area contributed by atoms with Crippen molar-refractivity contribution in [2.45, 2.75) is 30.9 Å². The Balaban J connectivity index is 1.58. The lowest BCUT2D eigenvalue weighted by molar-refractivity contribution is -0.115. The maximum absolute atomic E-state index is 12.6. The van der Waals surface area contributed by atoms with Gasteiger partial charge in [-0.15, -0.1) is 11.8 Å². The van der Waals surface area contributed by atoms with Crippen molar-refractivity contribution >= 4 is 46.6 Å². The molecule has 0 radical (unpaired) electrons. The first kappa shape index (κ1) is 21.9. The molecule has 0 aliphatic carbocycles. The molecule has 2 N–H and O–H groups in total. The third-order valence-corrected chi connectivity index (χ3v) is 6.09. The van der Waals surface area contributed by atoms with E-state index >= 15 is 0 Å². The van der Waals surface area contributed by atoms with Crippen molar-refractivity contribution < 1.29 is 9.59 Å². The van der Waals surface area contributed by atoms with Crippen LogP contribution in [-0.4, -0.2) is 17.1 Å². The third kappa shape index (κ3) is 5.65. The number of amides is 2. The van der Waals surface area contributed by atoms with E-state index in [4.69, 9.17) is 11.6 Å². The molecule has 30 heavy (non-hydrogen) atoms. The maximum atomic E-state index is 12.6. The monoisotopic (exact) mass is 438 g/mol. The molecule has 0 saturated carbocycles. The molecule has 0 saturated heterocycles. The number of aryl methyl sites for hydroxylation is 1. The van der Waals surface area contributed by atoms with Crippen LogP contribution in [0, 0.1) is 13.8 Å². The summed E-state index contributed by atoms with van der Waals surface area (Å²) in [4.78, 5) is 25.8. The number of thioether (sulfide) groups is 1. The minimum atomic E-state index is -0.267. The van der Waals surface area contributed by atoms with Gasteiger partial charge in [-0.25, -0.2) is 0 Å². The molecule has 3 rings (SSSR count). The van der Waals surface area contributed by atoms with E-state index in [1.54, 1.807) is 24.3 Å². The van der Waals surface area contributed by atoms with E-state index in [2.05, 4.69) is 10.6 Å². The molecule has 0 fully saturated rings. The average molecular weight is 439 g/mol. The van der Waals surface area contributed by atoms with Gasteiger partial charge >= 0.3 is 0 Å². The van der Waals surface area contributed by atoms with Gasteiger partial charge in [-0.1, -0.05) is 29.8 Å². The van der Waals surface area contributed by atoms with E-state index in [1.165, 1.54) is 11.8 Å². The van der Waals surface area contributed by atoms with Gasteiger partial charge in [-0.2, -0.15) is 0 Å². The number of carbonyl (C=O) groups is 2. The molecule has 154 valence electrons. The fourth-order valence-electron chi connectivity index (χ4n) is 2.83. The average Bonchev–Trinajstić information content (AvgIpc) is 2.72. The zero-order chi connectivity index (χ0) is 21.7. The molecule has 0 aliphatic rings. The van der Waals surface area contributed by atoms with E-state index in [-0.39, 0.29) is 17.1 Å². The van der Waals surface area contributed by atoms with Gasteiger partial charge in [0.15, 0.2) is 0 Å². The first-order valence-electron chi connectivity index (χ1n) is 9.54. The minimum absolute atomic E-state index is 0.0490. The minimum Gasteiger partial charge on any atom is -0.325 e. The van der Waals surface area contributed by atoms with Gasteiger partial charge < -0.3 is 10.6 Å². The Morgan fingerprint density at radius 3 is 2.33 bits per heavy atom. The number of hydrogen-bond donors (Lipinski definition) is 2. The van der Waals surface area contributed by atoms with Gasteiger partial charge in [0.1, 0.15) is 0 Å². The molecule has 0 aliphatic heterocycles. The largest absolute Gasteiger partial charge is 0.325 e. The highest BCUT2D eigenvalue weighted by molar-refractivity contribution is 8.00. The lowest BCUT2D eigenvalue weighted by atomic mass is 10.1. The molecule has 6 heteroatoms. The van der Waals surface area contributed by atoms with Crippen LogP contribution in [0.15, 0.2) is 71.6 Å². The van der Waals surface area contributed by atoms with Crippen LogP contribution in [0.25, 0.3) is 0 Å². The Bertz CT molecular complexity index is 1070. The van der Waals surface area contributed by atoms with Crippen molar-refractivity contribution in [3.63, 3.8) is 0 Å². The number of nitrogens with one attached hydrogen (secondary N) is 2. The first-order chi connectivity index (χ1) is 14.3. The summed E-state index contributed by atoms with van der Waals surface area (Å²) in [5, 5.41) is 6.10. The zero-order valence-corrected chi connectivity index (χ0v) is 18.6. The topological polar surface area (TPSA) is 58.2 Å². The molecule has 4 nitrogen and oxygen atoms in total. The van der Waals surface area contributed by atoms with Crippen LogP contribution in [0.3, 0.4) is 0 Å². The lowest BCUT2D eigenvalue weighted by Crippen LogP contribution is -2.22. The molecule has 1 atom stereocenters. The van der Waals surface area contributed by atoms with E-state index in [1.807, 2.05) is 63.2 Å². The van der Waals surface area contributed by atoms with Gasteiger partial charge in [-0.3, -0.25) is 9.59 Å². The Kier molecular flexibility index (Phi) is 7.19. The second kappa shape index (κ2) is 9.83. The summed E-state index contributed by atoms with van der Waals surface area (Å²) in [6, 6.07) is 20.1. The highest BCUT2D eigenvalue weighted by Crippen LogP contribution is 2.27. The summed E-state index contributed by atoms with van der Waals surface area (Å²) in [7, 11) is 0. The van der Waals surface area contributed by atoms with Crippen LogP contribution in [0.1, 0.15) is 28.4 Å². The quantitative estimate of drug-likeness (QED) is 0.442. The van der Waals surface area contributed by atoms with Gasteiger partial charge in [0, 0.05) is 26.9 Å². The van der Waals surface area contributed by atoms with Crippen LogP contribution in [-0.2, 0) is 4.79 Å². The molecule has 2 amide bonds. The molecule has 3 aromatic rings. The second-order valence-corrected chi connectivity index (χ2v) is 8.84. The first-order valence-corrected chi connectivity index (χ1v) is 10.8. The van der Waals surface area contributed by atoms with E-state index in [0.717, 1.165) is 21.7 Å². The summed E-state index contributed by atoms with van der Waals surface area (Å²) in [6.45, 7) is 5.90. The number of halogens is 1. The van der Waals surface area contributed by atoms with E-state index < -0.39 is 0 Å². The van der Waals surface area contributed by atoms with Crippen molar-refractivity contribution in [1.82, 2.24) is 0 Å². The number of carbonyl (C=O) groups excluding carboxylic acids is 2. The summed E-state index contributed by atoms with van der Waals surface area (Å²) in [5.74, 6) is -0.272. The molecule has 3 aromatic carbocycles. The van der Waals surface area contributed by atoms with Gasteiger partial charge in [0.05, 0.1) is 5.25 Å². The van der Waals surface area contributed by atoms with E-state index in [0.29, 0.717) is 16.3 Å². The van der Waals surface area contributed by atoms with Crippen LogP contribution in [0.2, 0.25) is 5.02 Å². The zero-order valence-electron chi connectivity index (χ0n) is 17.0. The Hall–Kier alpha value is -2.76. The molecular weight excluding hydrogens is 416 g/mol. The number of hydrogen-bond acceptors (Lipinski definition) is 3. The Morgan fingerprint density at radius 2 is 1.63 bits per heavy atom. The Morgan fingerprint density at radius 1 is 0.933 bits per heavy atom. The fourth-order valence-corrected chi connectivity index (χ4v) is 3.89. The normalized spacial score (nSPS) is 11.6. The lowest BCUT2D eigenvalue weighted by Gasteiger charge is -2.15. The van der Waals surface area contributed by atoms with E-state index in [9.17, 15) is 9.59 Å². The highest BCUT2D eigenvalue weighted by Gasteiger charge is 2.16. The maximum Gasteiger partial charge on any atom is 0.255 e. The molecule has 1 unspecified atom stereocenters. The van der Waals surface area contributed by atoms with Gasteiger partial charge in [0.25, 0.3) is 5.91 Å². The van der Waals surface area contributed by atoms with Crippen LogP contribution in [0.5, 0.6) is 0 Å². The van der Waals surface area contributed by atoms with Crippen LogP contribution < -0.4 is 10.6 Å². The molecular formula is C24H23ClN2O2S. The molecule has 0 bridgehead atoms. The van der Waals surface area contributed by atoms with Gasteiger partial charge in [-0.05, 0) is 80.4 Å². The molecule has 0 aromatic heterocycles. The summed E-state index contributed by atoms with van der Waals surface area (Å²) >= 11 is 7.40. The van der Waals surface area contributed by atoms with Crippen molar-refractivity contribution in [2.75, 3.05) is 10.6 Å². The van der Waals surface area contributed by atoms with Crippen molar-refractivity contribution in [3.8, 4) is 0 Å². The number of benzene rings is 3. The predicted molar refractivity (Wildman–Crippen MR) is 126 cm³/mol.